The standard InChI is InChI=1S/C14H17NO3/c1-8-3-6-11(9(2)7-8)13(16)15-12(14(17)18)10-4-5-10/h3,6-7,10,12H,4-5H2,1-2H3,(H,15,16)(H,17,18). The zero-order valence-corrected chi connectivity index (χ0v) is 10.6. The molecule has 1 fully saturated rings. The molecule has 1 aromatic rings. The Morgan fingerprint density at radius 3 is 2.50 bits per heavy atom. The minimum atomic E-state index is -0.949. The zero-order chi connectivity index (χ0) is 13.3. The van der Waals surface area contributed by atoms with Crippen molar-refractivity contribution in [3.8, 4) is 0 Å². The van der Waals surface area contributed by atoms with Crippen LogP contribution in [-0.4, -0.2) is 23.0 Å². The molecular formula is C14H17NO3. The number of nitrogens with one attached hydrogen (secondary N) is 1. The molecule has 1 aliphatic rings. The number of carbonyl (C=O) groups excluding carboxylic acids is 1. The van der Waals surface area contributed by atoms with Gasteiger partial charge >= 0.3 is 5.97 Å². The van der Waals surface area contributed by atoms with Crippen LogP contribution in [0.15, 0.2) is 18.2 Å². The number of aliphatic carboxylic acids is 1. The van der Waals surface area contributed by atoms with E-state index >= 15 is 0 Å². The SMILES string of the molecule is Cc1ccc(C(=O)NC(C(=O)O)C2CC2)c(C)c1. The van der Waals surface area contributed by atoms with Gasteiger partial charge in [-0.1, -0.05) is 17.7 Å². The molecule has 1 aliphatic carbocycles. The summed E-state index contributed by atoms with van der Waals surface area (Å²) in [4.78, 5) is 23.1. The molecule has 1 unspecified atom stereocenters. The normalized spacial score (nSPS) is 16.1. The highest BCUT2D eigenvalue weighted by Gasteiger charge is 2.37. The van der Waals surface area contributed by atoms with Crippen molar-refractivity contribution in [1.29, 1.82) is 0 Å². The van der Waals surface area contributed by atoms with E-state index in [-0.39, 0.29) is 11.8 Å². The Morgan fingerprint density at radius 1 is 1.33 bits per heavy atom. The molecule has 0 saturated heterocycles. The number of hydrogen-bond acceptors (Lipinski definition) is 2. The highest BCUT2D eigenvalue weighted by atomic mass is 16.4. The van der Waals surface area contributed by atoms with Gasteiger partial charge in [0, 0.05) is 5.56 Å². The number of rotatable bonds is 4. The first-order chi connectivity index (χ1) is 8.49. The van der Waals surface area contributed by atoms with Gasteiger partial charge in [-0.15, -0.1) is 0 Å². The first-order valence-corrected chi connectivity index (χ1v) is 6.10. The largest absolute Gasteiger partial charge is 0.480 e. The van der Waals surface area contributed by atoms with Gasteiger partial charge in [-0.3, -0.25) is 4.79 Å². The molecular weight excluding hydrogens is 230 g/mol. The van der Waals surface area contributed by atoms with Crippen LogP contribution in [0.3, 0.4) is 0 Å². The average Bonchev–Trinajstić information content (AvgIpc) is 3.08. The van der Waals surface area contributed by atoms with Gasteiger partial charge < -0.3 is 10.4 Å². The molecule has 0 heterocycles. The van der Waals surface area contributed by atoms with Crippen molar-refractivity contribution < 1.29 is 14.7 Å². The summed E-state index contributed by atoms with van der Waals surface area (Å²) in [5, 5.41) is 11.7. The molecule has 96 valence electrons. The Labute approximate surface area is 106 Å². The van der Waals surface area contributed by atoms with Gasteiger partial charge in [0.15, 0.2) is 0 Å². The molecule has 1 atom stereocenters. The predicted molar refractivity (Wildman–Crippen MR) is 67.5 cm³/mol. The van der Waals surface area contributed by atoms with Crippen LogP contribution in [0.1, 0.15) is 34.3 Å². The average molecular weight is 247 g/mol. The van der Waals surface area contributed by atoms with E-state index < -0.39 is 12.0 Å². The lowest BCUT2D eigenvalue weighted by molar-refractivity contribution is -0.139. The highest BCUT2D eigenvalue weighted by molar-refractivity contribution is 5.98. The molecule has 0 spiro atoms. The van der Waals surface area contributed by atoms with E-state index in [0.717, 1.165) is 24.0 Å². The van der Waals surface area contributed by atoms with Crippen molar-refractivity contribution in [3.63, 3.8) is 0 Å². The Bertz CT molecular complexity index is 492. The van der Waals surface area contributed by atoms with Crippen LogP contribution in [0.5, 0.6) is 0 Å². The number of benzene rings is 1. The van der Waals surface area contributed by atoms with Crippen LogP contribution in [0, 0.1) is 19.8 Å². The maximum Gasteiger partial charge on any atom is 0.326 e. The Morgan fingerprint density at radius 2 is 2.00 bits per heavy atom. The van der Waals surface area contributed by atoms with Gasteiger partial charge in [0.25, 0.3) is 5.91 Å². The fraction of sp³-hybridized carbons (Fsp3) is 0.429. The van der Waals surface area contributed by atoms with E-state index in [1.54, 1.807) is 6.07 Å². The van der Waals surface area contributed by atoms with Crippen LogP contribution in [-0.2, 0) is 4.79 Å². The summed E-state index contributed by atoms with van der Waals surface area (Å²) in [6, 6.07) is 4.76. The first kappa shape index (κ1) is 12.6. The fourth-order valence-corrected chi connectivity index (χ4v) is 2.10. The Hall–Kier alpha value is -1.84. The first-order valence-electron chi connectivity index (χ1n) is 6.10. The zero-order valence-electron chi connectivity index (χ0n) is 10.6. The molecule has 18 heavy (non-hydrogen) atoms. The quantitative estimate of drug-likeness (QED) is 0.854. The van der Waals surface area contributed by atoms with E-state index in [2.05, 4.69) is 5.32 Å². The lowest BCUT2D eigenvalue weighted by atomic mass is 10.0. The van der Waals surface area contributed by atoms with E-state index in [9.17, 15) is 9.59 Å². The molecule has 0 aliphatic heterocycles. The van der Waals surface area contributed by atoms with Crippen LogP contribution in [0.4, 0.5) is 0 Å². The van der Waals surface area contributed by atoms with E-state index in [0.29, 0.717) is 5.56 Å². The molecule has 4 heteroatoms. The summed E-state index contributed by atoms with van der Waals surface area (Å²) >= 11 is 0. The van der Waals surface area contributed by atoms with Gasteiger partial charge in [0.2, 0.25) is 0 Å². The number of carbonyl (C=O) groups is 2. The van der Waals surface area contributed by atoms with Gasteiger partial charge in [-0.05, 0) is 44.2 Å². The van der Waals surface area contributed by atoms with Crippen LogP contribution >= 0.6 is 0 Å². The van der Waals surface area contributed by atoms with Gasteiger partial charge in [0.1, 0.15) is 6.04 Å². The predicted octanol–water partition coefficient (Wildman–Crippen LogP) is 1.90. The molecule has 0 radical (unpaired) electrons. The van der Waals surface area contributed by atoms with Gasteiger partial charge in [-0.25, -0.2) is 4.79 Å². The van der Waals surface area contributed by atoms with Gasteiger partial charge in [0.05, 0.1) is 0 Å². The summed E-state index contributed by atoms with van der Waals surface area (Å²) < 4.78 is 0. The highest BCUT2D eigenvalue weighted by Crippen LogP contribution is 2.32. The van der Waals surface area contributed by atoms with E-state index in [1.807, 2.05) is 26.0 Å². The number of amides is 1. The smallest absolute Gasteiger partial charge is 0.326 e. The molecule has 2 rings (SSSR count). The van der Waals surface area contributed by atoms with E-state index in [4.69, 9.17) is 5.11 Å². The minimum Gasteiger partial charge on any atom is -0.480 e. The third-order valence-electron chi connectivity index (χ3n) is 3.27. The maximum atomic E-state index is 12.0. The third kappa shape index (κ3) is 2.70. The lowest BCUT2D eigenvalue weighted by Gasteiger charge is -2.14. The minimum absolute atomic E-state index is 0.0946. The molecule has 4 nitrogen and oxygen atoms in total. The summed E-state index contributed by atoms with van der Waals surface area (Å²) in [6.07, 6.45) is 1.76. The van der Waals surface area contributed by atoms with Crippen molar-refractivity contribution >= 4 is 11.9 Å². The number of hydrogen-bond donors (Lipinski definition) is 2. The number of aryl methyl sites for hydroxylation is 2. The van der Waals surface area contributed by atoms with Crippen LogP contribution in [0.2, 0.25) is 0 Å². The summed E-state index contributed by atoms with van der Waals surface area (Å²) in [5.41, 5.74) is 2.50. The molecule has 0 aromatic heterocycles. The molecule has 1 amide bonds. The van der Waals surface area contributed by atoms with Crippen molar-refractivity contribution in [3.05, 3.63) is 34.9 Å². The molecule has 1 aromatic carbocycles. The topological polar surface area (TPSA) is 66.4 Å². The maximum absolute atomic E-state index is 12.0. The van der Waals surface area contributed by atoms with Crippen molar-refractivity contribution in [2.45, 2.75) is 32.7 Å². The summed E-state index contributed by atoms with van der Waals surface area (Å²) in [6.45, 7) is 3.81. The molecule has 0 bridgehead atoms. The second kappa shape index (κ2) is 4.80. The summed E-state index contributed by atoms with van der Waals surface area (Å²) in [5.74, 6) is -1.15. The van der Waals surface area contributed by atoms with Crippen molar-refractivity contribution in [1.82, 2.24) is 5.32 Å². The lowest BCUT2D eigenvalue weighted by Crippen LogP contribution is -2.42. The van der Waals surface area contributed by atoms with Crippen LogP contribution in [0.25, 0.3) is 0 Å². The second-order valence-corrected chi connectivity index (χ2v) is 4.95. The fourth-order valence-electron chi connectivity index (χ4n) is 2.10. The Balaban J connectivity index is 2.13. The monoisotopic (exact) mass is 247 g/mol. The number of carboxylic acids is 1. The van der Waals surface area contributed by atoms with Gasteiger partial charge in [-0.2, -0.15) is 0 Å². The van der Waals surface area contributed by atoms with Crippen molar-refractivity contribution in [2.75, 3.05) is 0 Å². The van der Waals surface area contributed by atoms with Crippen LogP contribution < -0.4 is 5.32 Å². The molecule has 1 saturated carbocycles. The Kier molecular flexibility index (Phi) is 3.36. The molecule has 2 N–H and O–H groups in total. The summed E-state index contributed by atoms with van der Waals surface area (Å²) in [7, 11) is 0. The van der Waals surface area contributed by atoms with E-state index in [1.165, 1.54) is 0 Å². The van der Waals surface area contributed by atoms with Crippen molar-refractivity contribution in [2.24, 2.45) is 5.92 Å². The number of carboxylic acid groups (broad SMARTS) is 1. The second-order valence-electron chi connectivity index (χ2n) is 4.95. The third-order valence-corrected chi connectivity index (χ3v) is 3.27.